The summed E-state index contributed by atoms with van der Waals surface area (Å²) in [7, 11) is -2.18. The van der Waals surface area contributed by atoms with Crippen LogP contribution in [0.3, 0.4) is 0 Å². The van der Waals surface area contributed by atoms with E-state index in [1.54, 1.807) is 11.8 Å². The molecule has 20 heavy (non-hydrogen) atoms. The first kappa shape index (κ1) is 16.8. The van der Waals surface area contributed by atoms with Crippen LogP contribution >= 0.6 is 11.8 Å². The topological polar surface area (TPSA) is 106 Å². The van der Waals surface area contributed by atoms with Crippen LogP contribution in [0.2, 0.25) is 0 Å². The summed E-state index contributed by atoms with van der Waals surface area (Å²) in [6, 6.07) is 3.79. The summed E-state index contributed by atoms with van der Waals surface area (Å²) in [6.07, 6.45) is 1.91. The Morgan fingerprint density at radius 1 is 1.45 bits per heavy atom. The molecule has 0 bridgehead atoms. The molecule has 1 unspecified atom stereocenters. The van der Waals surface area contributed by atoms with Crippen LogP contribution < -0.4 is 11.5 Å². The van der Waals surface area contributed by atoms with Crippen LogP contribution in [0, 0.1) is 0 Å². The van der Waals surface area contributed by atoms with Gasteiger partial charge < -0.3 is 11.5 Å². The Labute approximate surface area is 123 Å². The Morgan fingerprint density at radius 3 is 2.50 bits per heavy atom. The number of carbonyl (C=O) groups excluding carboxylic acids is 1. The van der Waals surface area contributed by atoms with Crippen molar-refractivity contribution < 1.29 is 13.2 Å². The number of thioether (sulfide) groups is 1. The smallest absolute Gasteiger partial charge is 0.248 e. The number of anilines is 1. The highest BCUT2D eigenvalue weighted by molar-refractivity contribution is 7.98. The maximum Gasteiger partial charge on any atom is 0.248 e. The zero-order valence-electron chi connectivity index (χ0n) is 11.7. The number of sulfonamides is 1. The fourth-order valence-electron chi connectivity index (χ4n) is 1.67. The van der Waals surface area contributed by atoms with Crippen LogP contribution in [0.5, 0.6) is 0 Å². The minimum absolute atomic E-state index is 0.0158. The van der Waals surface area contributed by atoms with Crippen molar-refractivity contribution in [1.82, 2.24) is 4.31 Å². The molecule has 1 aromatic carbocycles. The summed E-state index contributed by atoms with van der Waals surface area (Å²) in [5.74, 6) is 0.0272. The first-order chi connectivity index (χ1) is 9.21. The SMILES string of the molecule is CSCC(C)N(C)S(=O)(=O)c1ccc(C(N)=O)cc1N. The van der Waals surface area contributed by atoms with Gasteiger partial charge in [0.25, 0.3) is 0 Å². The molecule has 1 amide bonds. The largest absolute Gasteiger partial charge is 0.398 e. The van der Waals surface area contributed by atoms with Crippen LogP contribution in [0.25, 0.3) is 0 Å². The quantitative estimate of drug-likeness (QED) is 0.753. The van der Waals surface area contributed by atoms with Gasteiger partial charge in [-0.05, 0) is 31.4 Å². The third-order valence-corrected chi connectivity index (χ3v) is 5.84. The second-order valence-corrected chi connectivity index (χ2v) is 7.32. The van der Waals surface area contributed by atoms with Gasteiger partial charge in [-0.25, -0.2) is 8.42 Å². The number of nitrogens with zero attached hydrogens (tertiary/aromatic N) is 1. The fraction of sp³-hybridized carbons (Fsp3) is 0.417. The number of benzene rings is 1. The van der Waals surface area contributed by atoms with E-state index >= 15 is 0 Å². The van der Waals surface area contributed by atoms with Gasteiger partial charge in [0.1, 0.15) is 4.90 Å². The van der Waals surface area contributed by atoms with Crippen LogP contribution in [0.15, 0.2) is 23.1 Å². The Morgan fingerprint density at radius 2 is 2.05 bits per heavy atom. The van der Waals surface area contributed by atoms with E-state index in [-0.39, 0.29) is 22.2 Å². The molecule has 0 fully saturated rings. The molecule has 1 aromatic rings. The van der Waals surface area contributed by atoms with E-state index in [0.717, 1.165) is 0 Å². The minimum Gasteiger partial charge on any atom is -0.398 e. The van der Waals surface area contributed by atoms with Crippen molar-refractivity contribution in [3.8, 4) is 0 Å². The van der Waals surface area contributed by atoms with Crippen molar-refractivity contribution in [1.29, 1.82) is 0 Å². The average Bonchev–Trinajstić information content (AvgIpc) is 2.37. The van der Waals surface area contributed by atoms with Crippen molar-refractivity contribution in [2.75, 3.05) is 24.8 Å². The summed E-state index contributed by atoms with van der Waals surface area (Å²) in [5.41, 5.74) is 11.1. The number of carbonyl (C=O) groups is 1. The molecular weight excluding hydrogens is 298 g/mol. The highest BCUT2D eigenvalue weighted by atomic mass is 32.2. The van der Waals surface area contributed by atoms with Crippen molar-refractivity contribution in [2.45, 2.75) is 17.9 Å². The molecular formula is C12H19N3O3S2. The molecule has 0 aliphatic heterocycles. The summed E-state index contributed by atoms with van der Waals surface area (Å²) in [4.78, 5) is 11.0. The van der Waals surface area contributed by atoms with E-state index in [9.17, 15) is 13.2 Å². The van der Waals surface area contributed by atoms with Gasteiger partial charge in [0.2, 0.25) is 15.9 Å². The normalized spacial score (nSPS) is 13.4. The summed E-state index contributed by atoms with van der Waals surface area (Å²) in [6.45, 7) is 1.82. The van der Waals surface area contributed by atoms with Gasteiger partial charge in [0.05, 0.1) is 5.69 Å². The maximum atomic E-state index is 12.5. The molecule has 1 rings (SSSR count). The molecule has 1 atom stereocenters. The van der Waals surface area contributed by atoms with E-state index < -0.39 is 15.9 Å². The number of nitrogens with two attached hydrogens (primary N) is 2. The third-order valence-electron chi connectivity index (χ3n) is 2.98. The van der Waals surface area contributed by atoms with Gasteiger partial charge in [0.15, 0.2) is 0 Å². The highest BCUT2D eigenvalue weighted by Gasteiger charge is 2.27. The van der Waals surface area contributed by atoms with Crippen LogP contribution in [0.1, 0.15) is 17.3 Å². The lowest BCUT2D eigenvalue weighted by Crippen LogP contribution is -2.37. The molecule has 112 valence electrons. The van der Waals surface area contributed by atoms with Gasteiger partial charge in [-0.2, -0.15) is 16.1 Å². The number of rotatable bonds is 6. The van der Waals surface area contributed by atoms with Crippen molar-refractivity contribution in [3.63, 3.8) is 0 Å². The molecule has 0 radical (unpaired) electrons. The predicted octanol–water partition coefficient (Wildman–Crippen LogP) is 0.740. The van der Waals surface area contributed by atoms with E-state index in [4.69, 9.17) is 11.5 Å². The molecule has 0 aliphatic rings. The fourth-order valence-corrected chi connectivity index (χ4v) is 3.93. The summed E-state index contributed by atoms with van der Waals surface area (Å²) >= 11 is 1.56. The molecule has 0 spiro atoms. The average molecular weight is 317 g/mol. The Hall–Kier alpha value is -1.25. The molecule has 0 saturated heterocycles. The van der Waals surface area contributed by atoms with E-state index in [0.29, 0.717) is 5.75 Å². The molecule has 0 aliphatic carbocycles. The van der Waals surface area contributed by atoms with Gasteiger partial charge in [-0.3, -0.25) is 4.79 Å². The number of hydrogen-bond acceptors (Lipinski definition) is 5. The number of nitrogen functional groups attached to an aromatic ring is 1. The van der Waals surface area contributed by atoms with Gasteiger partial charge >= 0.3 is 0 Å². The van der Waals surface area contributed by atoms with Crippen molar-refractivity contribution in [3.05, 3.63) is 23.8 Å². The molecule has 6 nitrogen and oxygen atoms in total. The Bertz CT molecular complexity index is 602. The lowest BCUT2D eigenvalue weighted by molar-refractivity contribution is 0.1000. The number of amides is 1. The summed E-state index contributed by atoms with van der Waals surface area (Å²) < 4.78 is 26.2. The van der Waals surface area contributed by atoms with Crippen molar-refractivity contribution in [2.24, 2.45) is 5.73 Å². The van der Waals surface area contributed by atoms with E-state index in [2.05, 4.69) is 0 Å². The standard InChI is InChI=1S/C12H19N3O3S2/c1-8(7-19-3)15(2)20(17,18)11-5-4-9(12(14)16)6-10(11)13/h4-6,8H,7,13H2,1-3H3,(H2,14,16). The highest BCUT2D eigenvalue weighted by Crippen LogP contribution is 2.24. The first-order valence-electron chi connectivity index (χ1n) is 5.88. The monoisotopic (exact) mass is 317 g/mol. The van der Waals surface area contributed by atoms with E-state index in [1.165, 1.54) is 29.6 Å². The zero-order chi connectivity index (χ0) is 15.5. The predicted molar refractivity (Wildman–Crippen MR) is 82.2 cm³/mol. The van der Waals surface area contributed by atoms with Gasteiger partial charge in [-0.1, -0.05) is 0 Å². The second kappa shape index (κ2) is 6.47. The molecule has 0 saturated carbocycles. The zero-order valence-corrected chi connectivity index (χ0v) is 13.3. The molecule has 0 aromatic heterocycles. The summed E-state index contributed by atoms with van der Waals surface area (Å²) in [5, 5.41) is 0. The molecule has 0 heterocycles. The lowest BCUT2D eigenvalue weighted by Gasteiger charge is -2.24. The number of hydrogen-bond donors (Lipinski definition) is 2. The van der Waals surface area contributed by atoms with Gasteiger partial charge in [0, 0.05) is 24.4 Å². The minimum atomic E-state index is -3.69. The lowest BCUT2D eigenvalue weighted by atomic mass is 10.2. The maximum absolute atomic E-state index is 12.5. The first-order valence-corrected chi connectivity index (χ1v) is 8.71. The van der Waals surface area contributed by atoms with Crippen molar-refractivity contribution >= 4 is 33.4 Å². The molecule has 4 N–H and O–H groups in total. The van der Waals surface area contributed by atoms with Crippen LogP contribution in [0.4, 0.5) is 5.69 Å². The van der Waals surface area contributed by atoms with Crippen LogP contribution in [-0.4, -0.2) is 43.7 Å². The number of primary amides is 1. The van der Waals surface area contributed by atoms with Gasteiger partial charge in [-0.15, -0.1) is 0 Å². The Balaban J connectivity index is 3.19. The third kappa shape index (κ3) is 3.44. The molecule has 8 heteroatoms. The van der Waals surface area contributed by atoms with Crippen LogP contribution in [-0.2, 0) is 10.0 Å². The Kier molecular flexibility index (Phi) is 5.43. The second-order valence-electron chi connectivity index (χ2n) is 4.44. The van der Waals surface area contributed by atoms with E-state index in [1.807, 2.05) is 13.2 Å².